The SMILES string of the molecule is COc1ccc(CCNS(=O)(=O)c2cc(NC(=O)[C@@H]3C[C@H]3c3ccccc3)ccc2N2CCCC2)cc1OC. The lowest BCUT2D eigenvalue weighted by Gasteiger charge is -2.22. The van der Waals surface area contributed by atoms with Gasteiger partial charge in [0.2, 0.25) is 15.9 Å². The van der Waals surface area contributed by atoms with E-state index in [0.29, 0.717) is 29.3 Å². The zero-order valence-electron chi connectivity index (χ0n) is 22.4. The van der Waals surface area contributed by atoms with Crippen molar-refractivity contribution in [2.45, 2.75) is 36.5 Å². The molecule has 1 heterocycles. The molecule has 0 spiro atoms. The second kappa shape index (κ2) is 11.7. The van der Waals surface area contributed by atoms with Crippen molar-refractivity contribution >= 4 is 27.3 Å². The first-order valence-electron chi connectivity index (χ1n) is 13.3. The molecule has 1 amide bonds. The van der Waals surface area contributed by atoms with Crippen LogP contribution in [0.1, 0.15) is 36.3 Å². The lowest BCUT2D eigenvalue weighted by Crippen LogP contribution is -2.29. The first kappa shape index (κ1) is 27.0. The van der Waals surface area contributed by atoms with Crippen LogP contribution >= 0.6 is 0 Å². The van der Waals surface area contributed by atoms with Gasteiger partial charge in [0.15, 0.2) is 11.5 Å². The van der Waals surface area contributed by atoms with Gasteiger partial charge in [0.05, 0.1) is 19.9 Å². The van der Waals surface area contributed by atoms with Gasteiger partial charge < -0.3 is 19.7 Å². The number of amides is 1. The lowest BCUT2D eigenvalue weighted by atomic mass is 10.1. The van der Waals surface area contributed by atoms with Gasteiger partial charge in [0, 0.05) is 31.2 Å². The molecule has 39 heavy (non-hydrogen) atoms. The van der Waals surface area contributed by atoms with E-state index in [1.54, 1.807) is 26.4 Å². The highest BCUT2D eigenvalue weighted by molar-refractivity contribution is 7.89. The van der Waals surface area contributed by atoms with E-state index >= 15 is 0 Å². The Morgan fingerprint density at radius 3 is 2.41 bits per heavy atom. The molecule has 1 aliphatic carbocycles. The van der Waals surface area contributed by atoms with Crippen LogP contribution in [0.5, 0.6) is 11.5 Å². The highest BCUT2D eigenvalue weighted by Crippen LogP contribution is 2.48. The number of methoxy groups -OCH3 is 2. The zero-order valence-corrected chi connectivity index (χ0v) is 23.2. The molecular formula is C30H35N3O5S. The number of sulfonamides is 1. The molecule has 1 saturated carbocycles. The molecule has 2 atom stereocenters. The predicted molar refractivity (Wildman–Crippen MR) is 152 cm³/mol. The summed E-state index contributed by atoms with van der Waals surface area (Å²) in [5, 5.41) is 2.96. The van der Waals surface area contributed by atoms with Gasteiger partial charge in [0.1, 0.15) is 4.90 Å². The first-order chi connectivity index (χ1) is 18.9. The number of ether oxygens (including phenoxy) is 2. The van der Waals surface area contributed by atoms with Crippen LogP contribution in [0.25, 0.3) is 0 Å². The molecule has 0 aromatic heterocycles. The van der Waals surface area contributed by atoms with Crippen LogP contribution in [-0.4, -0.2) is 48.2 Å². The highest BCUT2D eigenvalue weighted by atomic mass is 32.2. The molecule has 2 fully saturated rings. The smallest absolute Gasteiger partial charge is 0.242 e. The van der Waals surface area contributed by atoms with Gasteiger partial charge >= 0.3 is 0 Å². The van der Waals surface area contributed by atoms with Crippen molar-refractivity contribution in [1.82, 2.24) is 4.72 Å². The molecule has 3 aromatic rings. The molecule has 1 saturated heterocycles. The number of carbonyl (C=O) groups excluding carboxylic acids is 1. The summed E-state index contributed by atoms with van der Waals surface area (Å²) >= 11 is 0. The Hall–Kier alpha value is -3.56. The fourth-order valence-corrected chi connectivity index (χ4v) is 6.54. The average Bonchev–Trinajstić information content (AvgIpc) is 3.58. The summed E-state index contributed by atoms with van der Waals surface area (Å²) in [7, 11) is -0.696. The molecule has 0 bridgehead atoms. The minimum Gasteiger partial charge on any atom is -0.493 e. The summed E-state index contributed by atoms with van der Waals surface area (Å²) in [5.41, 5.74) is 3.23. The molecule has 8 nitrogen and oxygen atoms in total. The Balaban J connectivity index is 1.30. The Bertz CT molecular complexity index is 1420. The van der Waals surface area contributed by atoms with Crippen molar-refractivity contribution < 1.29 is 22.7 Å². The molecule has 9 heteroatoms. The monoisotopic (exact) mass is 549 g/mol. The number of nitrogens with one attached hydrogen (secondary N) is 2. The van der Waals surface area contributed by atoms with E-state index in [1.807, 2.05) is 54.6 Å². The molecule has 206 valence electrons. The van der Waals surface area contributed by atoms with Gasteiger partial charge in [-0.1, -0.05) is 36.4 Å². The fourth-order valence-electron chi connectivity index (χ4n) is 5.26. The molecular weight excluding hydrogens is 514 g/mol. The maximum absolute atomic E-state index is 13.5. The quantitative estimate of drug-likeness (QED) is 0.364. The van der Waals surface area contributed by atoms with Crippen molar-refractivity contribution in [3.05, 3.63) is 77.9 Å². The lowest BCUT2D eigenvalue weighted by molar-refractivity contribution is -0.117. The zero-order chi connectivity index (χ0) is 27.4. The highest BCUT2D eigenvalue weighted by Gasteiger charge is 2.43. The number of carbonyl (C=O) groups is 1. The van der Waals surface area contributed by atoms with Crippen molar-refractivity contribution in [3.63, 3.8) is 0 Å². The molecule has 2 N–H and O–H groups in total. The minimum absolute atomic E-state index is 0.0810. The maximum Gasteiger partial charge on any atom is 0.242 e. The molecule has 0 radical (unpaired) electrons. The van der Waals surface area contributed by atoms with Gasteiger partial charge in [-0.2, -0.15) is 0 Å². The van der Waals surface area contributed by atoms with E-state index in [1.165, 1.54) is 0 Å². The summed E-state index contributed by atoms with van der Waals surface area (Å²) in [4.78, 5) is 15.3. The van der Waals surface area contributed by atoms with E-state index in [2.05, 4.69) is 14.9 Å². The van der Waals surface area contributed by atoms with Crippen LogP contribution in [0.2, 0.25) is 0 Å². The van der Waals surface area contributed by atoms with Crippen LogP contribution in [0, 0.1) is 5.92 Å². The average molecular weight is 550 g/mol. The Kier molecular flexibility index (Phi) is 8.09. The number of nitrogens with zero attached hydrogens (tertiary/aromatic N) is 1. The van der Waals surface area contributed by atoms with Crippen LogP contribution in [0.15, 0.2) is 71.6 Å². The van der Waals surface area contributed by atoms with Crippen LogP contribution in [-0.2, 0) is 21.2 Å². The van der Waals surface area contributed by atoms with E-state index in [-0.39, 0.29) is 29.2 Å². The van der Waals surface area contributed by atoms with Crippen molar-refractivity contribution in [1.29, 1.82) is 0 Å². The maximum atomic E-state index is 13.5. The van der Waals surface area contributed by atoms with Gasteiger partial charge in [0.25, 0.3) is 0 Å². The third-order valence-corrected chi connectivity index (χ3v) is 8.96. The minimum atomic E-state index is -3.84. The Morgan fingerprint density at radius 2 is 1.69 bits per heavy atom. The van der Waals surface area contributed by atoms with Crippen LogP contribution < -0.4 is 24.4 Å². The number of hydrogen-bond donors (Lipinski definition) is 2. The van der Waals surface area contributed by atoms with Gasteiger partial charge in [-0.25, -0.2) is 13.1 Å². The largest absolute Gasteiger partial charge is 0.493 e. The molecule has 3 aromatic carbocycles. The topological polar surface area (TPSA) is 97.0 Å². The van der Waals surface area contributed by atoms with E-state index in [9.17, 15) is 13.2 Å². The van der Waals surface area contributed by atoms with Crippen molar-refractivity contribution in [2.24, 2.45) is 5.92 Å². The molecule has 1 aliphatic heterocycles. The third kappa shape index (κ3) is 6.20. The molecule has 0 unspecified atom stereocenters. The molecule has 2 aliphatic rings. The summed E-state index contributed by atoms with van der Waals surface area (Å²) < 4.78 is 40.5. The van der Waals surface area contributed by atoms with Crippen molar-refractivity contribution in [3.8, 4) is 11.5 Å². The van der Waals surface area contributed by atoms with Gasteiger partial charge in [-0.15, -0.1) is 0 Å². The summed E-state index contributed by atoms with van der Waals surface area (Å²) in [6.45, 7) is 1.83. The first-order valence-corrected chi connectivity index (χ1v) is 14.8. The third-order valence-electron chi connectivity index (χ3n) is 7.47. The van der Waals surface area contributed by atoms with Crippen molar-refractivity contribution in [2.75, 3.05) is 44.1 Å². The number of anilines is 2. The number of rotatable bonds is 11. The predicted octanol–water partition coefficient (Wildman–Crippen LogP) is 4.57. The second-order valence-corrected chi connectivity index (χ2v) is 11.8. The number of benzene rings is 3. The van der Waals surface area contributed by atoms with E-state index in [4.69, 9.17) is 9.47 Å². The van der Waals surface area contributed by atoms with E-state index in [0.717, 1.165) is 43.5 Å². The number of hydrogen-bond acceptors (Lipinski definition) is 6. The summed E-state index contributed by atoms with van der Waals surface area (Å²) in [5.74, 6) is 1.24. The van der Waals surface area contributed by atoms with Crippen LogP contribution in [0.3, 0.4) is 0 Å². The molecule has 5 rings (SSSR count). The van der Waals surface area contributed by atoms with Gasteiger partial charge in [-0.05, 0) is 73.1 Å². The fraction of sp³-hybridized carbons (Fsp3) is 0.367. The summed E-state index contributed by atoms with van der Waals surface area (Å²) in [6.07, 6.45) is 3.32. The Labute approximate surface area is 230 Å². The Morgan fingerprint density at radius 1 is 0.949 bits per heavy atom. The van der Waals surface area contributed by atoms with Gasteiger partial charge in [-0.3, -0.25) is 4.79 Å². The second-order valence-electron chi connectivity index (χ2n) is 10.1. The standard InChI is InChI=1S/C30H35N3O5S/c1-37-27-13-10-21(18-28(27)38-2)14-15-31-39(35,36)29-19-23(11-12-26(29)33-16-6-7-17-33)32-30(34)25-20-24(25)22-8-4-3-5-9-22/h3-5,8-13,18-19,24-25,31H,6-7,14-17,20H2,1-2H3,(H,32,34)/t24-,25+/m0/s1. The normalized spacial score (nSPS) is 18.6. The van der Waals surface area contributed by atoms with E-state index < -0.39 is 10.0 Å². The van der Waals surface area contributed by atoms with Crippen LogP contribution in [0.4, 0.5) is 11.4 Å². The summed E-state index contributed by atoms with van der Waals surface area (Å²) in [6, 6.07) is 20.8.